The Balaban J connectivity index is 1.03. The van der Waals surface area contributed by atoms with E-state index in [0.717, 1.165) is 22.7 Å². The van der Waals surface area contributed by atoms with Crippen LogP contribution in [0, 0.1) is 0 Å². The Labute approximate surface area is 387 Å². The van der Waals surface area contributed by atoms with E-state index in [1.54, 1.807) is 0 Å². The molecule has 13 rings (SSSR count). The van der Waals surface area contributed by atoms with Gasteiger partial charge in [-0.15, -0.1) is 0 Å². The normalized spacial score (nSPS) is 14.1. The molecule has 2 heteroatoms. The molecule has 1 spiro atoms. The second-order valence-electron chi connectivity index (χ2n) is 18.4. The van der Waals surface area contributed by atoms with Crippen molar-refractivity contribution in [3.8, 4) is 44.5 Å². The lowest BCUT2D eigenvalue weighted by Crippen LogP contribution is -2.36. The Kier molecular flexibility index (Phi) is 8.51. The Morgan fingerprint density at radius 3 is 1.45 bits per heavy atom. The summed E-state index contributed by atoms with van der Waals surface area (Å²) in [7, 11) is 0. The van der Waals surface area contributed by atoms with Gasteiger partial charge in [0.15, 0.2) is 0 Å². The van der Waals surface area contributed by atoms with Crippen LogP contribution in [0.2, 0.25) is 0 Å². The molecule has 2 nitrogen and oxygen atoms in total. The molecular formula is C64H46N2. The lowest BCUT2D eigenvalue weighted by molar-refractivity contribution is 0.660. The zero-order chi connectivity index (χ0) is 44.0. The summed E-state index contributed by atoms with van der Waals surface area (Å²) in [5.41, 5.74) is 24.1. The number of anilines is 6. The van der Waals surface area contributed by atoms with Crippen LogP contribution >= 0.6 is 0 Å². The average molecular weight is 843 g/mol. The third-order valence-electron chi connectivity index (χ3n) is 14.7. The van der Waals surface area contributed by atoms with Gasteiger partial charge < -0.3 is 9.80 Å². The molecule has 1 aliphatic heterocycles. The van der Waals surface area contributed by atoms with Gasteiger partial charge in [0.2, 0.25) is 0 Å². The van der Waals surface area contributed by atoms with Crippen molar-refractivity contribution in [2.45, 2.75) is 24.7 Å². The Bertz CT molecular complexity index is 3450. The van der Waals surface area contributed by atoms with Crippen molar-refractivity contribution < 1.29 is 0 Å². The largest absolute Gasteiger partial charge is 0.310 e. The fraction of sp³-hybridized carbons (Fsp3) is 0.0625. The molecule has 0 fully saturated rings. The highest BCUT2D eigenvalue weighted by Crippen LogP contribution is 2.65. The summed E-state index contributed by atoms with van der Waals surface area (Å²) >= 11 is 0. The first-order valence-corrected chi connectivity index (χ1v) is 23.1. The van der Waals surface area contributed by atoms with Crippen LogP contribution in [-0.2, 0) is 10.8 Å². The van der Waals surface area contributed by atoms with Gasteiger partial charge in [-0.25, -0.2) is 0 Å². The van der Waals surface area contributed by atoms with Gasteiger partial charge >= 0.3 is 0 Å². The highest BCUT2D eigenvalue weighted by Gasteiger charge is 2.52. The van der Waals surface area contributed by atoms with Crippen LogP contribution < -0.4 is 9.80 Å². The van der Waals surface area contributed by atoms with Gasteiger partial charge in [-0.2, -0.15) is 0 Å². The van der Waals surface area contributed by atoms with Gasteiger partial charge in [0.05, 0.1) is 22.5 Å². The first-order chi connectivity index (χ1) is 32.5. The van der Waals surface area contributed by atoms with Crippen molar-refractivity contribution in [1.29, 1.82) is 0 Å². The number of rotatable bonds is 6. The maximum Gasteiger partial charge on any atom is 0.0755 e. The summed E-state index contributed by atoms with van der Waals surface area (Å²) in [6.45, 7) is 4.75. The summed E-state index contributed by atoms with van der Waals surface area (Å²) in [5, 5.41) is 0. The molecule has 66 heavy (non-hydrogen) atoms. The van der Waals surface area contributed by atoms with Gasteiger partial charge in [-0.05, 0) is 127 Å². The number of para-hydroxylation sites is 3. The number of hydrogen-bond acceptors (Lipinski definition) is 2. The quantitative estimate of drug-likeness (QED) is 0.165. The fourth-order valence-corrected chi connectivity index (χ4v) is 11.7. The highest BCUT2D eigenvalue weighted by molar-refractivity contribution is 6.01. The van der Waals surface area contributed by atoms with E-state index in [0.29, 0.717) is 0 Å². The molecule has 0 N–H and O–H groups in total. The monoisotopic (exact) mass is 842 g/mol. The third kappa shape index (κ3) is 5.48. The van der Waals surface area contributed by atoms with E-state index in [9.17, 15) is 0 Å². The summed E-state index contributed by atoms with van der Waals surface area (Å²) in [6.07, 6.45) is 0. The van der Waals surface area contributed by atoms with E-state index < -0.39 is 5.41 Å². The van der Waals surface area contributed by atoms with Gasteiger partial charge in [0.1, 0.15) is 0 Å². The lowest BCUT2D eigenvalue weighted by atomic mass is 9.64. The topological polar surface area (TPSA) is 6.48 Å². The van der Waals surface area contributed by atoms with E-state index in [1.165, 1.54) is 89.3 Å². The average Bonchev–Trinajstić information content (AvgIpc) is 3.81. The maximum atomic E-state index is 2.52. The molecule has 0 bridgehead atoms. The van der Waals surface area contributed by atoms with Crippen LogP contribution in [-0.4, -0.2) is 0 Å². The summed E-state index contributed by atoms with van der Waals surface area (Å²) in [4.78, 5) is 4.97. The minimum atomic E-state index is -0.566. The zero-order valence-electron chi connectivity index (χ0n) is 37.0. The SMILES string of the molecule is CC1(C)c2ccccc2-c2ccc(N(c3ccc(-c4ccc(-c5ccccc5)cc4)cc3)c3cccc4c3-c3ccccc3C43c4ccccc4N(c4ccccc4)c4ccccc43)cc21. The van der Waals surface area contributed by atoms with Crippen LogP contribution in [0.25, 0.3) is 44.5 Å². The third-order valence-corrected chi connectivity index (χ3v) is 14.7. The molecule has 1 heterocycles. The Morgan fingerprint density at radius 2 is 0.803 bits per heavy atom. The van der Waals surface area contributed by atoms with E-state index in [-0.39, 0.29) is 5.41 Å². The van der Waals surface area contributed by atoms with Crippen LogP contribution in [0.1, 0.15) is 47.2 Å². The van der Waals surface area contributed by atoms with Gasteiger partial charge in [-0.3, -0.25) is 0 Å². The van der Waals surface area contributed by atoms with Gasteiger partial charge in [0, 0.05) is 28.0 Å². The predicted molar refractivity (Wildman–Crippen MR) is 275 cm³/mol. The number of benzene rings is 10. The van der Waals surface area contributed by atoms with Crippen molar-refractivity contribution in [3.05, 3.63) is 276 Å². The molecule has 0 aromatic heterocycles. The molecule has 0 saturated carbocycles. The first kappa shape index (κ1) is 38.3. The molecule has 0 atom stereocenters. The second-order valence-corrected chi connectivity index (χ2v) is 18.4. The standard InChI is InChI=1S/C64H46N2/c1-63(2)53-24-11-9-22-50(53)51-41-40-49(42-58(51)63)65(48-38-36-46(37-39-48)45-34-32-44(33-35-45)43-18-5-3-6-19-43)61-31-17-28-57-62(61)52-23-10-12-25-54(52)64(57)55-26-13-15-29-59(55)66(47-20-7-4-8-21-47)60-30-16-14-27-56(60)64/h3-42H,1-2H3. The highest BCUT2D eigenvalue weighted by atomic mass is 15.2. The molecule has 0 radical (unpaired) electrons. The predicted octanol–water partition coefficient (Wildman–Crippen LogP) is 16.9. The van der Waals surface area contributed by atoms with Crippen molar-refractivity contribution in [3.63, 3.8) is 0 Å². The fourth-order valence-electron chi connectivity index (χ4n) is 11.7. The van der Waals surface area contributed by atoms with Crippen molar-refractivity contribution >= 4 is 34.1 Å². The molecule has 0 unspecified atom stereocenters. The van der Waals surface area contributed by atoms with Gasteiger partial charge in [0.25, 0.3) is 0 Å². The second kappa shape index (κ2) is 14.7. The lowest BCUT2D eigenvalue weighted by Gasteiger charge is -2.45. The van der Waals surface area contributed by atoms with Crippen LogP contribution in [0.5, 0.6) is 0 Å². The summed E-state index contributed by atoms with van der Waals surface area (Å²) < 4.78 is 0. The van der Waals surface area contributed by atoms with Crippen LogP contribution in [0.4, 0.5) is 34.1 Å². The molecule has 10 aromatic rings. The number of hydrogen-bond donors (Lipinski definition) is 0. The first-order valence-electron chi connectivity index (χ1n) is 23.1. The molecule has 312 valence electrons. The van der Waals surface area contributed by atoms with Crippen LogP contribution in [0.3, 0.4) is 0 Å². The van der Waals surface area contributed by atoms with E-state index >= 15 is 0 Å². The smallest absolute Gasteiger partial charge is 0.0755 e. The van der Waals surface area contributed by atoms with Gasteiger partial charge in [-0.1, -0.05) is 202 Å². The molecule has 3 aliphatic rings. The maximum absolute atomic E-state index is 2.52. The van der Waals surface area contributed by atoms with Crippen molar-refractivity contribution in [2.75, 3.05) is 9.80 Å². The van der Waals surface area contributed by atoms with Crippen molar-refractivity contribution in [2.24, 2.45) is 0 Å². The minimum absolute atomic E-state index is 0.154. The molecule has 2 aliphatic carbocycles. The van der Waals surface area contributed by atoms with E-state index in [4.69, 9.17) is 0 Å². The number of nitrogens with zero attached hydrogens (tertiary/aromatic N) is 2. The Morgan fingerprint density at radius 1 is 0.333 bits per heavy atom. The summed E-state index contributed by atoms with van der Waals surface area (Å²) in [5.74, 6) is 0. The van der Waals surface area contributed by atoms with E-state index in [1.807, 2.05) is 0 Å². The van der Waals surface area contributed by atoms with Crippen LogP contribution in [0.15, 0.2) is 243 Å². The molecular weight excluding hydrogens is 797 g/mol. The Hall–Kier alpha value is -8.20. The molecule has 0 amide bonds. The minimum Gasteiger partial charge on any atom is -0.310 e. The van der Waals surface area contributed by atoms with E-state index in [2.05, 4.69) is 266 Å². The summed E-state index contributed by atoms with van der Waals surface area (Å²) in [6, 6.07) is 90.0. The van der Waals surface area contributed by atoms with Crippen molar-refractivity contribution in [1.82, 2.24) is 0 Å². The molecule has 0 saturated heterocycles. The molecule has 10 aromatic carbocycles. The zero-order valence-corrected chi connectivity index (χ0v) is 37.0. The number of fused-ring (bicyclic) bond motifs is 12.